The van der Waals surface area contributed by atoms with E-state index in [9.17, 15) is 4.79 Å². The molecule has 1 heterocycles. The molecule has 0 aromatic heterocycles. The lowest BCUT2D eigenvalue weighted by molar-refractivity contribution is -0.135. The Morgan fingerprint density at radius 1 is 1.62 bits per heavy atom. The highest BCUT2D eigenvalue weighted by Gasteiger charge is 2.22. The minimum atomic E-state index is -0.0129. The SMILES string of the molecule is CC(CC#N)N(C)C(=O)CC1CCCCO1. The number of nitrogens with zero attached hydrogens (tertiary/aromatic N) is 2. The lowest BCUT2D eigenvalue weighted by atomic mass is 10.1. The summed E-state index contributed by atoms with van der Waals surface area (Å²) in [5.74, 6) is 0.0784. The summed E-state index contributed by atoms with van der Waals surface area (Å²) in [5, 5.41) is 8.58. The van der Waals surface area contributed by atoms with Gasteiger partial charge >= 0.3 is 0 Å². The Bertz CT molecular complexity index is 267. The number of carbonyl (C=O) groups excluding carboxylic acids is 1. The first-order valence-corrected chi connectivity index (χ1v) is 5.89. The van der Waals surface area contributed by atoms with Gasteiger partial charge in [-0.3, -0.25) is 4.79 Å². The number of nitriles is 1. The Labute approximate surface area is 97.2 Å². The van der Waals surface area contributed by atoms with E-state index in [-0.39, 0.29) is 18.1 Å². The van der Waals surface area contributed by atoms with E-state index in [0.717, 1.165) is 25.9 Å². The van der Waals surface area contributed by atoms with Gasteiger partial charge in [0.05, 0.1) is 25.0 Å². The minimum Gasteiger partial charge on any atom is -0.378 e. The van der Waals surface area contributed by atoms with Crippen LogP contribution in [-0.2, 0) is 9.53 Å². The van der Waals surface area contributed by atoms with Gasteiger partial charge in [-0.05, 0) is 26.2 Å². The minimum absolute atomic E-state index is 0.0129. The highest BCUT2D eigenvalue weighted by Crippen LogP contribution is 2.17. The van der Waals surface area contributed by atoms with Gasteiger partial charge in [-0.1, -0.05) is 0 Å². The van der Waals surface area contributed by atoms with Crippen molar-refractivity contribution in [1.82, 2.24) is 4.90 Å². The second kappa shape index (κ2) is 6.49. The molecule has 0 aromatic carbocycles. The van der Waals surface area contributed by atoms with Crippen LogP contribution in [0, 0.1) is 11.3 Å². The first kappa shape index (κ1) is 13.0. The second-order valence-corrected chi connectivity index (χ2v) is 4.41. The molecule has 0 bridgehead atoms. The number of hydrogen-bond acceptors (Lipinski definition) is 3. The molecule has 1 rings (SSSR count). The molecule has 1 saturated heterocycles. The standard InChI is InChI=1S/C12H20N2O2/c1-10(6-7-13)14(2)12(15)9-11-5-3-4-8-16-11/h10-11H,3-6,8-9H2,1-2H3. The van der Waals surface area contributed by atoms with Crippen LogP contribution in [0.3, 0.4) is 0 Å². The molecule has 1 fully saturated rings. The molecule has 90 valence electrons. The van der Waals surface area contributed by atoms with Crippen LogP contribution < -0.4 is 0 Å². The van der Waals surface area contributed by atoms with Crippen LogP contribution in [0.1, 0.15) is 39.0 Å². The van der Waals surface area contributed by atoms with E-state index in [0.29, 0.717) is 12.8 Å². The van der Waals surface area contributed by atoms with Gasteiger partial charge in [-0.15, -0.1) is 0 Å². The zero-order chi connectivity index (χ0) is 12.0. The van der Waals surface area contributed by atoms with Gasteiger partial charge in [0.15, 0.2) is 0 Å². The van der Waals surface area contributed by atoms with E-state index in [4.69, 9.17) is 10.00 Å². The van der Waals surface area contributed by atoms with E-state index in [1.54, 1.807) is 11.9 Å². The molecule has 0 radical (unpaired) electrons. The van der Waals surface area contributed by atoms with E-state index in [1.165, 1.54) is 0 Å². The maximum atomic E-state index is 11.9. The molecule has 0 spiro atoms. The average Bonchev–Trinajstić information content (AvgIpc) is 2.29. The van der Waals surface area contributed by atoms with Crippen LogP contribution in [0.15, 0.2) is 0 Å². The average molecular weight is 224 g/mol. The maximum absolute atomic E-state index is 11.9. The summed E-state index contributed by atoms with van der Waals surface area (Å²) in [4.78, 5) is 13.5. The lowest BCUT2D eigenvalue weighted by Gasteiger charge is -2.27. The first-order valence-electron chi connectivity index (χ1n) is 5.89. The largest absolute Gasteiger partial charge is 0.378 e. The van der Waals surface area contributed by atoms with Gasteiger partial charge in [-0.25, -0.2) is 0 Å². The molecule has 16 heavy (non-hydrogen) atoms. The summed E-state index contributed by atoms with van der Waals surface area (Å²) in [6, 6.07) is 2.07. The fourth-order valence-electron chi connectivity index (χ4n) is 1.82. The Morgan fingerprint density at radius 2 is 2.38 bits per heavy atom. The van der Waals surface area contributed by atoms with Gasteiger partial charge < -0.3 is 9.64 Å². The third-order valence-electron chi connectivity index (χ3n) is 3.12. The molecule has 2 unspecified atom stereocenters. The molecular weight excluding hydrogens is 204 g/mol. The topological polar surface area (TPSA) is 53.3 Å². The van der Waals surface area contributed by atoms with Crippen molar-refractivity contribution in [3.63, 3.8) is 0 Å². The zero-order valence-electron chi connectivity index (χ0n) is 10.1. The predicted octanol–water partition coefficient (Wildman–Crippen LogP) is 1.71. The third kappa shape index (κ3) is 3.82. The number of hydrogen-bond donors (Lipinski definition) is 0. The van der Waals surface area contributed by atoms with Crippen molar-refractivity contribution in [3.05, 3.63) is 0 Å². The Balaban J connectivity index is 2.35. The highest BCUT2D eigenvalue weighted by molar-refractivity contribution is 5.76. The van der Waals surface area contributed by atoms with Crippen molar-refractivity contribution in [2.24, 2.45) is 0 Å². The molecule has 0 aliphatic carbocycles. The smallest absolute Gasteiger partial charge is 0.225 e. The van der Waals surface area contributed by atoms with E-state index < -0.39 is 0 Å². The number of rotatable bonds is 4. The van der Waals surface area contributed by atoms with Crippen LogP contribution in [0.5, 0.6) is 0 Å². The van der Waals surface area contributed by atoms with Gasteiger partial charge in [0.2, 0.25) is 5.91 Å². The number of carbonyl (C=O) groups is 1. The number of ether oxygens (including phenoxy) is 1. The molecule has 4 heteroatoms. The predicted molar refractivity (Wildman–Crippen MR) is 60.7 cm³/mol. The summed E-state index contributed by atoms with van der Waals surface area (Å²) in [6.07, 6.45) is 4.14. The fraction of sp³-hybridized carbons (Fsp3) is 0.833. The normalized spacial score (nSPS) is 22.2. The second-order valence-electron chi connectivity index (χ2n) is 4.41. The third-order valence-corrected chi connectivity index (χ3v) is 3.12. The van der Waals surface area contributed by atoms with E-state index in [1.807, 2.05) is 6.92 Å². The Hall–Kier alpha value is -1.08. The zero-order valence-corrected chi connectivity index (χ0v) is 10.1. The highest BCUT2D eigenvalue weighted by atomic mass is 16.5. The molecule has 0 N–H and O–H groups in total. The molecule has 0 saturated carbocycles. The Kier molecular flexibility index (Phi) is 5.27. The Morgan fingerprint density at radius 3 is 2.94 bits per heavy atom. The van der Waals surface area contributed by atoms with Crippen molar-refractivity contribution in [2.45, 2.75) is 51.2 Å². The van der Waals surface area contributed by atoms with Crippen molar-refractivity contribution in [3.8, 4) is 6.07 Å². The van der Waals surface area contributed by atoms with Crippen molar-refractivity contribution < 1.29 is 9.53 Å². The molecule has 4 nitrogen and oxygen atoms in total. The quantitative estimate of drug-likeness (QED) is 0.730. The first-order chi connectivity index (χ1) is 7.65. The van der Waals surface area contributed by atoms with Crippen molar-refractivity contribution in [1.29, 1.82) is 5.26 Å². The summed E-state index contributed by atoms with van der Waals surface area (Å²) < 4.78 is 5.53. The van der Waals surface area contributed by atoms with Gasteiger partial charge in [0, 0.05) is 19.7 Å². The van der Waals surface area contributed by atoms with E-state index in [2.05, 4.69) is 6.07 Å². The van der Waals surface area contributed by atoms with Crippen LogP contribution in [0.25, 0.3) is 0 Å². The van der Waals surface area contributed by atoms with Gasteiger partial charge in [0.25, 0.3) is 0 Å². The van der Waals surface area contributed by atoms with Gasteiger partial charge in [-0.2, -0.15) is 5.26 Å². The summed E-state index contributed by atoms with van der Waals surface area (Å²) >= 11 is 0. The van der Waals surface area contributed by atoms with Crippen LogP contribution in [0.2, 0.25) is 0 Å². The lowest BCUT2D eigenvalue weighted by Crippen LogP contribution is -2.37. The molecule has 1 aliphatic rings. The molecule has 1 amide bonds. The summed E-state index contributed by atoms with van der Waals surface area (Å²) in [6.45, 7) is 2.66. The summed E-state index contributed by atoms with van der Waals surface area (Å²) in [5.41, 5.74) is 0. The number of amides is 1. The van der Waals surface area contributed by atoms with Crippen LogP contribution >= 0.6 is 0 Å². The molecule has 2 atom stereocenters. The molecule has 1 aliphatic heterocycles. The maximum Gasteiger partial charge on any atom is 0.225 e. The molecule has 0 aromatic rings. The monoisotopic (exact) mass is 224 g/mol. The van der Waals surface area contributed by atoms with Gasteiger partial charge in [0.1, 0.15) is 0 Å². The summed E-state index contributed by atoms with van der Waals surface area (Å²) in [7, 11) is 1.76. The fourth-order valence-corrected chi connectivity index (χ4v) is 1.82. The van der Waals surface area contributed by atoms with Crippen LogP contribution in [-0.4, -0.2) is 36.6 Å². The molecular formula is C12H20N2O2. The van der Waals surface area contributed by atoms with Crippen molar-refractivity contribution >= 4 is 5.91 Å². The van der Waals surface area contributed by atoms with E-state index >= 15 is 0 Å². The van der Waals surface area contributed by atoms with Crippen LogP contribution in [0.4, 0.5) is 0 Å². The van der Waals surface area contributed by atoms with Crippen molar-refractivity contribution in [2.75, 3.05) is 13.7 Å².